The SMILES string of the molecule is COC(=O)NC(C)C(=O)N(Cc1nc(-c2ccc(-c3ccc(-c4nc(CN(C(=O)C(C)NC(=O)OC)C5C(C)C5C)[nH]c4Cl)cc3)cc2)c(Cl)[nH]1)C1C(C)C1C. The van der Waals surface area contributed by atoms with E-state index in [0.717, 1.165) is 22.3 Å². The van der Waals surface area contributed by atoms with Crippen LogP contribution in [0.15, 0.2) is 48.5 Å². The largest absolute Gasteiger partial charge is 0.453 e. The smallest absolute Gasteiger partial charge is 0.407 e. The fourth-order valence-corrected chi connectivity index (χ4v) is 7.97. The number of carbonyl (C=O) groups excluding carboxylic acids is 4. The molecule has 0 aliphatic heterocycles. The van der Waals surface area contributed by atoms with Gasteiger partial charge < -0.3 is 39.9 Å². The van der Waals surface area contributed by atoms with Crippen molar-refractivity contribution in [3.63, 3.8) is 0 Å². The number of hydrogen-bond acceptors (Lipinski definition) is 8. The molecule has 2 aliphatic rings. The van der Waals surface area contributed by atoms with Crippen LogP contribution < -0.4 is 10.6 Å². The first-order valence-electron chi connectivity index (χ1n) is 18.6. The van der Waals surface area contributed by atoms with Gasteiger partial charge in [0, 0.05) is 23.2 Å². The van der Waals surface area contributed by atoms with Gasteiger partial charge in [-0.1, -0.05) is 99.4 Å². The van der Waals surface area contributed by atoms with Crippen molar-refractivity contribution in [2.75, 3.05) is 14.2 Å². The number of amides is 4. The molecule has 2 fully saturated rings. The molecule has 4 aromatic rings. The zero-order valence-corrected chi connectivity index (χ0v) is 34.2. The van der Waals surface area contributed by atoms with Gasteiger partial charge in [-0.05, 0) is 48.6 Å². The van der Waals surface area contributed by atoms with Crippen LogP contribution in [0, 0.1) is 23.7 Å². The average Bonchev–Trinajstić information content (AvgIpc) is 3.79. The van der Waals surface area contributed by atoms with Gasteiger partial charge in [-0.15, -0.1) is 0 Å². The third-order valence-electron chi connectivity index (χ3n) is 11.3. The Morgan fingerprint density at radius 2 is 0.929 bits per heavy atom. The van der Waals surface area contributed by atoms with E-state index in [0.29, 0.717) is 57.0 Å². The van der Waals surface area contributed by atoms with Crippen LogP contribution in [-0.4, -0.2) is 92.1 Å². The van der Waals surface area contributed by atoms with Crippen molar-refractivity contribution in [1.82, 2.24) is 40.4 Å². The molecule has 14 nitrogen and oxygen atoms in total. The van der Waals surface area contributed by atoms with Crippen LogP contribution in [0.1, 0.15) is 53.2 Å². The molecule has 298 valence electrons. The molecule has 6 rings (SSSR count). The highest BCUT2D eigenvalue weighted by atomic mass is 35.5. The van der Waals surface area contributed by atoms with E-state index in [1.807, 2.05) is 48.5 Å². The zero-order valence-electron chi connectivity index (χ0n) is 32.6. The molecule has 2 heterocycles. The van der Waals surface area contributed by atoms with Gasteiger partial charge in [0.2, 0.25) is 11.8 Å². The van der Waals surface area contributed by atoms with Crippen LogP contribution in [0.2, 0.25) is 10.3 Å². The number of hydrogen-bond donors (Lipinski definition) is 4. The van der Waals surface area contributed by atoms with Crippen LogP contribution in [0.4, 0.5) is 9.59 Å². The summed E-state index contributed by atoms with van der Waals surface area (Å²) in [7, 11) is 2.52. The Bertz CT molecular complexity index is 1920. The highest BCUT2D eigenvalue weighted by molar-refractivity contribution is 6.32. The van der Waals surface area contributed by atoms with Crippen LogP contribution in [0.3, 0.4) is 0 Å². The number of nitrogens with zero attached hydrogens (tertiary/aromatic N) is 4. The molecule has 2 aromatic carbocycles. The van der Waals surface area contributed by atoms with Gasteiger partial charge in [0.05, 0.1) is 27.3 Å². The average molecular weight is 808 g/mol. The number of benzene rings is 2. The molecule has 2 aromatic heterocycles. The summed E-state index contributed by atoms with van der Waals surface area (Å²) in [5.74, 6) is 1.86. The maximum Gasteiger partial charge on any atom is 0.407 e. The summed E-state index contributed by atoms with van der Waals surface area (Å²) >= 11 is 13.3. The van der Waals surface area contributed by atoms with Crippen molar-refractivity contribution >= 4 is 47.2 Å². The lowest BCUT2D eigenvalue weighted by Gasteiger charge is -2.26. The Morgan fingerprint density at radius 3 is 1.21 bits per heavy atom. The summed E-state index contributed by atoms with van der Waals surface area (Å²) in [6, 6.07) is 14.2. The predicted octanol–water partition coefficient (Wildman–Crippen LogP) is 6.90. The normalized spacial score (nSPS) is 22.0. The maximum absolute atomic E-state index is 13.4. The number of nitrogens with one attached hydrogen (secondary N) is 4. The number of H-pyrrole nitrogens is 2. The number of aromatic nitrogens is 4. The van der Waals surface area contributed by atoms with Gasteiger partial charge in [-0.2, -0.15) is 0 Å². The van der Waals surface area contributed by atoms with Crippen molar-refractivity contribution in [2.24, 2.45) is 23.7 Å². The monoisotopic (exact) mass is 806 g/mol. The van der Waals surface area contributed by atoms with Crippen molar-refractivity contribution in [3.05, 3.63) is 70.5 Å². The summed E-state index contributed by atoms with van der Waals surface area (Å²) in [5.41, 5.74) is 4.68. The van der Waals surface area contributed by atoms with E-state index in [2.05, 4.69) is 57.8 Å². The molecule has 56 heavy (non-hydrogen) atoms. The van der Waals surface area contributed by atoms with E-state index < -0.39 is 24.3 Å². The third-order valence-corrected chi connectivity index (χ3v) is 11.9. The number of alkyl carbamates (subject to hydrolysis) is 2. The summed E-state index contributed by atoms with van der Waals surface area (Å²) in [5, 5.41) is 5.85. The van der Waals surface area contributed by atoms with Gasteiger partial charge in [-0.3, -0.25) is 9.59 Å². The fraction of sp³-hybridized carbons (Fsp3) is 0.450. The van der Waals surface area contributed by atoms with Crippen molar-refractivity contribution in [2.45, 2.75) is 78.8 Å². The molecule has 0 radical (unpaired) electrons. The molecule has 6 unspecified atom stereocenters. The summed E-state index contributed by atoms with van der Waals surface area (Å²) in [4.78, 5) is 69.7. The lowest BCUT2D eigenvalue weighted by atomic mass is 10.0. The minimum absolute atomic E-state index is 0.0155. The number of halogens is 2. The third kappa shape index (κ3) is 8.51. The molecular weight excluding hydrogens is 759 g/mol. The maximum atomic E-state index is 13.4. The van der Waals surface area contributed by atoms with Gasteiger partial charge in [0.1, 0.15) is 45.4 Å². The van der Waals surface area contributed by atoms with E-state index in [1.54, 1.807) is 23.6 Å². The molecule has 16 heteroatoms. The Labute approximate surface area is 336 Å². The Morgan fingerprint density at radius 1 is 0.625 bits per heavy atom. The highest BCUT2D eigenvalue weighted by Gasteiger charge is 2.50. The molecular formula is C40H48Cl2N8O6. The number of rotatable bonds is 13. The van der Waals surface area contributed by atoms with Gasteiger partial charge in [0.15, 0.2) is 0 Å². The van der Waals surface area contributed by atoms with E-state index in [1.165, 1.54) is 14.2 Å². The minimum Gasteiger partial charge on any atom is -0.453 e. The molecule has 0 bridgehead atoms. The Balaban J connectivity index is 1.13. The first kappa shape index (κ1) is 40.6. The number of methoxy groups -OCH3 is 2. The Hall–Kier alpha value is -5.08. The lowest BCUT2D eigenvalue weighted by molar-refractivity contribution is -0.135. The van der Waals surface area contributed by atoms with Gasteiger partial charge in [-0.25, -0.2) is 19.6 Å². The van der Waals surface area contributed by atoms with Crippen LogP contribution >= 0.6 is 23.2 Å². The first-order chi connectivity index (χ1) is 26.6. The summed E-state index contributed by atoms with van der Waals surface area (Å²) in [6.07, 6.45) is -1.34. The standard InChI is InChI=1S/C40H48Cl2N8O6/c1-19-20(2)33(19)49(37(51)23(5)43-39(53)55-7)17-29-45-31(35(41)47-29)27-13-9-25(10-14-27)26-11-15-28(16-12-26)32-36(42)48-30(46-32)18-50(34-21(3)22(34)4)38(52)24(6)44-40(54)56-8/h9-16,19-24,33-34H,17-18H2,1-8H3,(H,43,53)(H,44,54)(H,45,47)(H,46,48). The van der Waals surface area contributed by atoms with E-state index >= 15 is 0 Å². The highest BCUT2D eigenvalue weighted by Crippen LogP contribution is 2.44. The van der Waals surface area contributed by atoms with Crippen molar-refractivity contribution in [3.8, 4) is 33.6 Å². The fourth-order valence-electron chi connectivity index (χ4n) is 7.45. The Kier molecular flexibility index (Phi) is 12.0. The summed E-state index contributed by atoms with van der Waals surface area (Å²) < 4.78 is 9.36. The minimum atomic E-state index is -0.774. The van der Waals surface area contributed by atoms with E-state index in [9.17, 15) is 19.2 Å². The van der Waals surface area contributed by atoms with Crippen molar-refractivity contribution < 1.29 is 28.7 Å². The lowest BCUT2D eigenvalue weighted by Crippen LogP contribution is -2.48. The molecule has 4 N–H and O–H groups in total. The summed E-state index contributed by atoms with van der Waals surface area (Å²) in [6.45, 7) is 12.1. The second-order valence-corrected chi connectivity index (χ2v) is 15.7. The molecule has 4 amide bonds. The van der Waals surface area contributed by atoms with Gasteiger partial charge >= 0.3 is 12.2 Å². The number of aromatic amines is 2. The van der Waals surface area contributed by atoms with Crippen LogP contribution in [0.5, 0.6) is 0 Å². The predicted molar refractivity (Wildman–Crippen MR) is 212 cm³/mol. The van der Waals surface area contributed by atoms with E-state index in [-0.39, 0.29) is 37.0 Å². The molecule has 0 saturated heterocycles. The van der Waals surface area contributed by atoms with Crippen LogP contribution in [-0.2, 0) is 32.2 Å². The number of ether oxygens (including phenoxy) is 2. The molecule has 6 atom stereocenters. The molecule has 2 saturated carbocycles. The number of imidazole rings is 2. The second-order valence-electron chi connectivity index (χ2n) is 14.9. The van der Waals surface area contributed by atoms with Crippen molar-refractivity contribution in [1.29, 1.82) is 0 Å². The van der Waals surface area contributed by atoms with Gasteiger partial charge in [0.25, 0.3) is 0 Å². The number of carbonyl (C=O) groups is 4. The molecule has 0 spiro atoms. The first-order valence-corrected chi connectivity index (χ1v) is 19.4. The second kappa shape index (κ2) is 16.6. The quantitative estimate of drug-likeness (QED) is 0.113. The molecule has 2 aliphatic carbocycles. The zero-order chi connectivity index (χ0) is 40.6. The topological polar surface area (TPSA) is 175 Å². The van der Waals surface area contributed by atoms with Crippen LogP contribution in [0.25, 0.3) is 33.6 Å². The van der Waals surface area contributed by atoms with E-state index in [4.69, 9.17) is 33.2 Å².